The fourth-order valence-electron chi connectivity index (χ4n) is 4.50. The Balaban J connectivity index is 1.45. The topological polar surface area (TPSA) is 72.3 Å². The SMILES string of the molecule is COCCC(=O)N[C@H](C)c1nnc2n1CCN(CC(c1ccccc1)c1ccccc1)CC2. The molecule has 0 saturated carbocycles. The van der Waals surface area contributed by atoms with Crippen LogP contribution >= 0.6 is 0 Å². The van der Waals surface area contributed by atoms with Gasteiger partial charge in [0.2, 0.25) is 5.91 Å². The highest BCUT2D eigenvalue weighted by atomic mass is 16.5. The summed E-state index contributed by atoms with van der Waals surface area (Å²) in [5, 5.41) is 11.9. The number of rotatable bonds is 9. The van der Waals surface area contributed by atoms with Gasteiger partial charge in [0.25, 0.3) is 0 Å². The molecule has 1 N–H and O–H groups in total. The zero-order valence-electron chi connectivity index (χ0n) is 19.5. The van der Waals surface area contributed by atoms with Crippen LogP contribution in [0.1, 0.15) is 48.1 Å². The Morgan fingerprint density at radius 3 is 2.30 bits per heavy atom. The number of benzene rings is 2. The first-order valence-corrected chi connectivity index (χ1v) is 11.7. The molecule has 33 heavy (non-hydrogen) atoms. The van der Waals surface area contributed by atoms with E-state index >= 15 is 0 Å². The largest absolute Gasteiger partial charge is 0.384 e. The van der Waals surface area contributed by atoms with Crippen molar-refractivity contribution in [1.82, 2.24) is 25.0 Å². The first kappa shape index (κ1) is 23.1. The van der Waals surface area contributed by atoms with Gasteiger partial charge in [-0.05, 0) is 18.1 Å². The first-order chi connectivity index (χ1) is 16.2. The molecule has 7 nitrogen and oxygen atoms in total. The molecule has 1 amide bonds. The minimum atomic E-state index is -0.191. The van der Waals surface area contributed by atoms with E-state index in [2.05, 4.69) is 85.6 Å². The van der Waals surface area contributed by atoms with Crippen molar-refractivity contribution in [3.05, 3.63) is 83.4 Å². The lowest BCUT2D eigenvalue weighted by Gasteiger charge is -2.27. The smallest absolute Gasteiger partial charge is 0.222 e. The molecule has 0 spiro atoms. The second kappa shape index (κ2) is 11.2. The summed E-state index contributed by atoms with van der Waals surface area (Å²) < 4.78 is 7.18. The van der Waals surface area contributed by atoms with Crippen molar-refractivity contribution in [2.24, 2.45) is 0 Å². The maximum absolute atomic E-state index is 12.1. The van der Waals surface area contributed by atoms with Crippen molar-refractivity contribution in [3.8, 4) is 0 Å². The molecule has 0 radical (unpaired) electrons. The van der Waals surface area contributed by atoms with Crippen LogP contribution in [0.4, 0.5) is 0 Å². The molecule has 174 valence electrons. The number of methoxy groups -OCH3 is 1. The summed E-state index contributed by atoms with van der Waals surface area (Å²) in [6.45, 7) is 5.99. The highest BCUT2D eigenvalue weighted by Gasteiger charge is 2.25. The number of hydrogen-bond acceptors (Lipinski definition) is 5. The van der Waals surface area contributed by atoms with Crippen molar-refractivity contribution in [3.63, 3.8) is 0 Å². The molecule has 1 aliphatic rings. The fourth-order valence-corrected chi connectivity index (χ4v) is 4.50. The quantitative estimate of drug-likeness (QED) is 0.546. The number of carbonyl (C=O) groups is 1. The van der Waals surface area contributed by atoms with Gasteiger partial charge in [-0.2, -0.15) is 0 Å². The van der Waals surface area contributed by atoms with E-state index in [0.29, 0.717) is 18.9 Å². The van der Waals surface area contributed by atoms with E-state index in [1.54, 1.807) is 7.11 Å². The number of carbonyl (C=O) groups excluding carboxylic acids is 1. The highest BCUT2D eigenvalue weighted by molar-refractivity contribution is 5.76. The molecule has 4 rings (SSSR count). The summed E-state index contributed by atoms with van der Waals surface area (Å²) in [7, 11) is 1.60. The molecule has 0 fully saturated rings. The van der Waals surface area contributed by atoms with E-state index in [1.165, 1.54) is 11.1 Å². The van der Waals surface area contributed by atoms with Crippen LogP contribution in [0.25, 0.3) is 0 Å². The molecule has 1 atom stereocenters. The molecular formula is C26H33N5O2. The van der Waals surface area contributed by atoms with Gasteiger partial charge in [0.1, 0.15) is 5.82 Å². The van der Waals surface area contributed by atoms with Gasteiger partial charge >= 0.3 is 0 Å². The van der Waals surface area contributed by atoms with Gasteiger partial charge in [-0.25, -0.2) is 0 Å². The van der Waals surface area contributed by atoms with E-state index in [1.807, 2.05) is 6.92 Å². The minimum Gasteiger partial charge on any atom is -0.384 e. The monoisotopic (exact) mass is 447 g/mol. The van der Waals surface area contributed by atoms with E-state index in [0.717, 1.165) is 44.2 Å². The van der Waals surface area contributed by atoms with Gasteiger partial charge in [-0.3, -0.25) is 4.79 Å². The lowest BCUT2D eigenvalue weighted by molar-refractivity contribution is -0.122. The fraction of sp³-hybridized carbons (Fsp3) is 0.423. The normalized spacial score (nSPS) is 15.1. The summed E-state index contributed by atoms with van der Waals surface area (Å²) >= 11 is 0. The average Bonchev–Trinajstić information content (AvgIpc) is 3.16. The third-order valence-corrected chi connectivity index (χ3v) is 6.29. The summed E-state index contributed by atoms with van der Waals surface area (Å²) in [5.41, 5.74) is 2.67. The number of nitrogens with one attached hydrogen (secondary N) is 1. The number of hydrogen-bond donors (Lipinski definition) is 1. The summed E-state index contributed by atoms with van der Waals surface area (Å²) in [4.78, 5) is 14.6. The third kappa shape index (κ3) is 5.86. The average molecular weight is 448 g/mol. The highest BCUT2D eigenvalue weighted by Crippen LogP contribution is 2.26. The molecule has 0 saturated heterocycles. The van der Waals surface area contributed by atoms with Gasteiger partial charge in [-0.1, -0.05) is 60.7 Å². The molecule has 1 aliphatic heterocycles. The van der Waals surface area contributed by atoms with E-state index < -0.39 is 0 Å². The van der Waals surface area contributed by atoms with Gasteiger partial charge in [-0.15, -0.1) is 10.2 Å². The Kier molecular flexibility index (Phi) is 7.86. The van der Waals surface area contributed by atoms with Gasteiger partial charge in [0, 0.05) is 52.0 Å². The predicted molar refractivity (Wildman–Crippen MR) is 128 cm³/mol. The van der Waals surface area contributed by atoms with Gasteiger partial charge in [0.05, 0.1) is 12.6 Å². The molecule has 0 bridgehead atoms. The summed E-state index contributed by atoms with van der Waals surface area (Å²) in [5.74, 6) is 2.08. The second-order valence-electron chi connectivity index (χ2n) is 8.58. The van der Waals surface area contributed by atoms with Crippen LogP contribution in [0.3, 0.4) is 0 Å². The number of fused-ring (bicyclic) bond motifs is 1. The second-order valence-corrected chi connectivity index (χ2v) is 8.58. The first-order valence-electron chi connectivity index (χ1n) is 11.7. The Labute approximate surface area is 195 Å². The van der Waals surface area contributed by atoms with Crippen LogP contribution in [0, 0.1) is 0 Å². The number of amides is 1. The molecule has 3 aromatic rings. The number of nitrogens with zero attached hydrogens (tertiary/aromatic N) is 4. The van der Waals surface area contributed by atoms with Crippen LogP contribution < -0.4 is 5.32 Å². The van der Waals surface area contributed by atoms with Gasteiger partial charge in [0.15, 0.2) is 5.82 Å². The molecule has 7 heteroatoms. The summed E-state index contributed by atoms with van der Waals surface area (Å²) in [6.07, 6.45) is 1.18. The van der Waals surface area contributed by atoms with Crippen molar-refractivity contribution in [2.45, 2.75) is 38.3 Å². The van der Waals surface area contributed by atoms with E-state index in [4.69, 9.17) is 4.74 Å². The number of aromatic nitrogens is 3. The van der Waals surface area contributed by atoms with Crippen molar-refractivity contribution < 1.29 is 9.53 Å². The van der Waals surface area contributed by atoms with E-state index in [-0.39, 0.29) is 11.9 Å². The zero-order valence-corrected chi connectivity index (χ0v) is 19.5. The van der Waals surface area contributed by atoms with Crippen molar-refractivity contribution in [2.75, 3.05) is 33.4 Å². The maximum atomic E-state index is 12.1. The van der Waals surface area contributed by atoms with Crippen LogP contribution in [-0.2, 0) is 22.5 Å². The predicted octanol–water partition coefficient (Wildman–Crippen LogP) is 3.18. The lowest BCUT2D eigenvalue weighted by Crippen LogP contribution is -2.33. The molecule has 2 heterocycles. The lowest BCUT2D eigenvalue weighted by atomic mass is 9.90. The Bertz CT molecular complexity index is 982. The van der Waals surface area contributed by atoms with Crippen molar-refractivity contribution >= 4 is 5.91 Å². The molecule has 0 unspecified atom stereocenters. The van der Waals surface area contributed by atoms with E-state index in [9.17, 15) is 4.79 Å². The van der Waals surface area contributed by atoms with Gasteiger partial charge < -0.3 is 19.5 Å². The minimum absolute atomic E-state index is 0.0366. The molecule has 1 aromatic heterocycles. The number of ether oxygens (including phenoxy) is 1. The Morgan fingerprint density at radius 2 is 1.67 bits per heavy atom. The van der Waals surface area contributed by atoms with Crippen molar-refractivity contribution in [1.29, 1.82) is 0 Å². The maximum Gasteiger partial charge on any atom is 0.222 e. The Morgan fingerprint density at radius 1 is 1.00 bits per heavy atom. The Hall–Kier alpha value is -3.03. The van der Waals surface area contributed by atoms with Crippen LogP contribution in [0.15, 0.2) is 60.7 Å². The molecule has 0 aliphatic carbocycles. The van der Waals surface area contributed by atoms with Crippen LogP contribution in [0.5, 0.6) is 0 Å². The molecule has 2 aromatic carbocycles. The van der Waals surface area contributed by atoms with Crippen LogP contribution in [-0.4, -0.2) is 58.9 Å². The zero-order chi connectivity index (χ0) is 23.0. The van der Waals surface area contributed by atoms with Crippen LogP contribution in [0.2, 0.25) is 0 Å². The molecular weight excluding hydrogens is 414 g/mol. The summed E-state index contributed by atoms with van der Waals surface area (Å²) in [6, 6.07) is 21.3. The standard InChI is InChI=1S/C26H33N5O2/c1-20(27-25(32)14-18-33-2)26-29-28-24-13-15-30(16-17-31(24)26)19-23(21-9-5-3-6-10-21)22-11-7-4-8-12-22/h3-12,20,23H,13-19H2,1-2H3,(H,27,32)/t20-/m1/s1. The third-order valence-electron chi connectivity index (χ3n) is 6.29.